The summed E-state index contributed by atoms with van der Waals surface area (Å²) < 4.78 is 30.2. The van der Waals surface area contributed by atoms with Crippen molar-refractivity contribution in [1.29, 1.82) is 0 Å². The fraction of sp³-hybridized carbons (Fsp3) is 0.231. The number of benzene rings is 1. The Balaban J connectivity index is 2.00. The van der Waals surface area contributed by atoms with Crippen molar-refractivity contribution in [2.45, 2.75) is 19.2 Å². The van der Waals surface area contributed by atoms with Crippen molar-refractivity contribution in [3.05, 3.63) is 52.9 Å². The molecule has 0 unspecified atom stereocenters. The second-order valence-corrected chi connectivity index (χ2v) is 6.55. The minimum Gasteiger partial charge on any atom is -0.361 e. The molecule has 1 aromatic heterocycles. The maximum atomic E-state index is 12.3. The minimum atomic E-state index is -3.67. The van der Waals surface area contributed by atoms with Crippen LogP contribution in [-0.4, -0.2) is 23.8 Å². The van der Waals surface area contributed by atoms with Gasteiger partial charge in [-0.05, 0) is 18.6 Å². The van der Waals surface area contributed by atoms with E-state index in [1.807, 2.05) is 0 Å². The van der Waals surface area contributed by atoms with Gasteiger partial charge in [0.05, 0.1) is 12.3 Å². The van der Waals surface area contributed by atoms with E-state index in [2.05, 4.69) is 5.16 Å². The predicted molar refractivity (Wildman–Crippen MR) is 70.2 cm³/mol. The van der Waals surface area contributed by atoms with Gasteiger partial charge in [-0.25, -0.2) is 12.7 Å². The summed E-state index contributed by atoms with van der Waals surface area (Å²) >= 11 is 0. The van der Waals surface area contributed by atoms with Crippen molar-refractivity contribution < 1.29 is 17.7 Å². The molecule has 0 bridgehead atoms. The minimum absolute atomic E-state index is 0.104. The third kappa shape index (κ3) is 2.09. The first-order valence-corrected chi connectivity index (χ1v) is 7.63. The molecule has 1 aliphatic heterocycles. The molecule has 1 amide bonds. The van der Waals surface area contributed by atoms with E-state index in [0.717, 1.165) is 4.31 Å². The highest BCUT2D eigenvalue weighted by Gasteiger charge is 2.36. The molecule has 1 aromatic carbocycles. The second-order valence-electron chi connectivity index (χ2n) is 4.65. The molecule has 3 rings (SSSR count). The molecule has 20 heavy (non-hydrogen) atoms. The standard InChI is InChI=1S/C13H12N2O4S/c1-9-6-11(14-19-9)7-15-13(16)12-5-3-2-4-10(12)8-20(15,17)18/h2-6H,7-8H2,1H3. The number of fused-ring (bicyclic) bond motifs is 1. The van der Waals surface area contributed by atoms with E-state index >= 15 is 0 Å². The summed E-state index contributed by atoms with van der Waals surface area (Å²) in [7, 11) is -3.67. The number of aromatic nitrogens is 1. The average molecular weight is 292 g/mol. The van der Waals surface area contributed by atoms with Crippen LogP contribution < -0.4 is 0 Å². The quantitative estimate of drug-likeness (QED) is 0.837. The lowest BCUT2D eigenvalue weighted by atomic mass is 10.1. The molecule has 104 valence electrons. The summed E-state index contributed by atoms with van der Waals surface area (Å²) in [5, 5.41) is 3.73. The van der Waals surface area contributed by atoms with Gasteiger partial charge in [0, 0.05) is 11.6 Å². The van der Waals surface area contributed by atoms with Crippen LogP contribution in [0.3, 0.4) is 0 Å². The third-order valence-electron chi connectivity index (χ3n) is 3.13. The number of amides is 1. The van der Waals surface area contributed by atoms with Crippen LogP contribution in [0.4, 0.5) is 0 Å². The number of carbonyl (C=O) groups excluding carboxylic acids is 1. The zero-order chi connectivity index (χ0) is 14.3. The van der Waals surface area contributed by atoms with Crippen molar-refractivity contribution in [1.82, 2.24) is 9.46 Å². The SMILES string of the molecule is Cc1cc(CN2C(=O)c3ccccc3CS2(=O)=O)no1. The summed E-state index contributed by atoms with van der Waals surface area (Å²) in [6, 6.07) is 8.34. The Hall–Kier alpha value is -2.15. The number of nitrogens with zero attached hydrogens (tertiary/aromatic N) is 2. The van der Waals surface area contributed by atoms with E-state index in [-0.39, 0.29) is 12.3 Å². The smallest absolute Gasteiger partial charge is 0.268 e. The van der Waals surface area contributed by atoms with Gasteiger partial charge in [0.2, 0.25) is 10.0 Å². The lowest BCUT2D eigenvalue weighted by Crippen LogP contribution is -2.41. The zero-order valence-corrected chi connectivity index (χ0v) is 11.6. The van der Waals surface area contributed by atoms with Crippen LogP contribution in [0.2, 0.25) is 0 Å². The molecule has 0 saturated carbocycles. The molecule has 0 spiro atoms. The Labute approximate surface area is 116 Å². The largest absolute Gasteiger partial charge is 0.361 e. The van der Waals surface area contributed by atoms with Crippen LogP contribution in [0.25, 0.3) is 0 Å². The number of hydrogen-bond donors (Lipinski definition) is 0. The third-order valence-corrected chi connectivity index (χ3v) is 4.77. The second kappa shape index (κ2) is 4.45. The molecule has 2 aromatic rings. The van der Waals surface area contributed by atoms with Gasteiger partial charge >= 0.3 is 0 Å². The molecule has 0 saturated heterocycles. The summed E-state index contributed by atoms with van der Waals surface area (Å²) in [5.74, 6) is -0.124. The molecular formula is C13H12N2O4S. The topological polar surface area (TPSA) is 80.5 Å². The summed E-state index contributed by atoms with van der Waals surface area (Å²) in [6.45, 7) is 1.60. The van der Waals surface area contributed by atoms with Crippen molar-refractivity contribution >= 4 is 15.9 Å². The number of carbonyl (C=O) groups is 1. The molecule has 0 N–H and O–H groups in total. The lowest BCUT2D eigenvalue weighted by molar-refractivity contribution is 0.0847. The Kier molecular flexibility index (Phi) is 2.86. The van der Waals surface area contributed by atoms with Crippen molar-refractivity contribution in [2.75, 3.05) is 0 Å². The highest BCUT2D eigenvalue weighted by Crippen LogP contribution is 2.26. The molecule has 2 heterocycles. The maximum Gasteiger partial charge on any atom is 0.268 e. The molecule has 0 radical (unpaired) electrons. The van der Waals surface area contributed by atoms with Gasteiger partial charge < -0.3 is 4.52 Å². The summed E-state index contributed by atoms with van der Waals surface area (Å²) in [4.78, 5) is 12.3. The van der Waals surface area contributed by atoms with Crippen LogP contribution in [-0.2, 0) is 22.3 Å². The molecule has 0 aliphatic carbocycles. The van der Waals surface area contributed by atoms with Gasteiger partial charge in [0.25, 0.3) is 5.91 Å². The molecule has 0 atom stereocenters. The van der Waals surface area contributed by atoms with Crippen LogP contribution in [0, 0.1) is 6.92 Å². The van der Waals surface area contributed by atoms with E-state index < -0.39 is 15.9 Å². The molecular weight excluding hydrogens is 280 g/mol. The first kappa shape index (κ1) is 12.9. The Bertz CT molecular complexity index is 779. The number of rotatable bonds is 2. The van der Waals surface area contributed by atoms with Crippen molar-refractivity contribution in [2.24, 2.45) is 0 Å². The first-order chi connectivity index (χ1) is 9.47. The molecule has 7 heteroatoms. The van der Waals surface area contributed by atoms with Gasteiger partial charge in [-0.1, -0.05) is 23.4 Å². The molecule has 0 fully saturated rings. The summed E-state index contributed by atoms with van der Waals surface area (Å²) in [6.07, 6.45) is 0. The van der Waals surface area contributed by atoms with Gasteiger partial charge in [-0.2, -0.15) is 0 Å². The van der Waals surface area contributed by atoms with Crippen molar-refractivity contribution in [3.8, 4) is 0 Å². The van der Waals surface area contributed by atoms with Gasteiger partial charge in [-0.3, -0.25) is 4.79 Å². The predicted octanol–water partition coefficient (Wildman–Crippen LogP) is 1.47. The molecule has 1 aliphatic rings. The van der Waals surface area contributed by atoms with Gasteiger partial charge in [-0.15, -0.1) is 0 Å². The Morgan fingerprint density at radius 3 is 2.80 bits per heavy atom. The fourth-order valence-corrected chi connectivity index (χ4v) is 3.68. The van der Waals surface area contributed by atoms with Crippen molar-refractivity contribution in [3.63, 3.8) is 0 Å². The molecule has 6 nitrogen and oxygen atoms in total. The normalized spacial score (nSPS) is 17.1. The van der Waals surface area contributed by atoms with Crippen LogP contribution in [0.15, 0.2) is 34.9 Å². The lowest BCUT2D eigenvalue weighted by Gasteiger charge is -2.27. The van der Waals surface area contributed by atoms with Crippen LogP contribution >= 0.6 is 0 Å². The monoisotopic (exact) mass is 292 g/mol. The Morgan fingerprint density at radius 2 is 2.10 bits per heavy atom. The average Bonchev–Trinajstić information content (AvgIpc) is 2.80. The maximum absolute atomic E-state index is 12.3. The van der Waals surface area contributed by atoms with E-state index in [0.29, 0.717) is 22.6 Å². The fourth-order valence-electron chi connectivity index (χ4n) is 2.20. The highest BCUT2D eigenvalue weighted by molar-refractivity contribution is 7.89. The first-order valence-electron chi connectivity index (χ1n) is 6.02. The number of hydrogen-bond acceptors (Lipinski definition) is 5. The van der Waals surface area contributed by atoms with E-state index in [1.165, 1.54) is 0 Å². The Morgan fingerprint density at radius 1 is 1.35 bits per heavy atom. The zero-order valence-electron chi connectivity index (χ0n) is 10.7. The van der Waals surface area contributed by atoms with Gasteiger partial charge in [0.1, 0.15) is 11.5 Å². The number of sulfonamides is 1. The van der Waals surface area contributed by atoms with E-state index in [9.17, 15) is 13.2 Å². The van der Waals surface area contributed by atoms with E-state index in [1.54, 1.807) is 37.3 Å². The summed E-state index contributed by atoms with van der Waals surface area (Å²) in [5.41, 5.74) is 1.37. The van der Waals surface area contributed by atoms with Crippen LogP contribution in [0.5, 0.6) is 0 Å². The van der Waals surface area contributed by atoms with E-state index in [4.69, 9.17) is 4.52 Å². The number of aryl methyl sites for hydroxylation is 1. The highest BCUT2D eigenvalue weighted by atomic mass is 32.2. The van der Waals surface area contributed by atoms with Crippen LogP contribution in [0.1, 0.15) is 27.4 Å². The van der Waals surface area contributed by atoms with Gasteiger partial charge in [0.15, 0.2) is 0 Å².